The summed E-state index contributed by atoms with van der Waals surface area (Å²) in [4.78, 5) is 6.70. The third kappa shape index (κ3) is 5.16. The first-order valence-corrected chi connectivity index (χ1v) is 8.54. The van der Waals surface area contributed by atoms with E-state index in [1.54, 1.807) is 7.11 Å². The van der Waals surface area contributed by atoms with Gasteiger partial charge in [0.05, 0.1) is 12.2 Å². The Labute approximate surface area is 153 Å². The number of hydrogen-bond donors (Lipinski definition) is 0. The topological polar surface area (TPSA) is 38.5 Å². The molecule has 0 unspecified atom stereocenters. The van der Waals surface area contributed by atoms with Gasteiger partial charge in [-0.3, -0.25) is 9.88 Å². The maximum Gasteiger partial charge on any atom is 0.129 e. The van der Waals surface area contributed by atoms with Crippen molar-refractivity contribution in [2.24, 2.45) is 0 Å². The van der Waals surface area contributed by atoms with Crippen LogP contribution in [0.25, 0.3) is 0 Å². The lowest BCUT2D eigenvalue weighted by atomic mass is 10.2. The van der Waals surface area contributed by atoms with E-state index < -0.39 is 0 Å². The summed E-state index contributed by atoms with van der Waals surface area (Å²) in [7, 11) is 1.66. The lowest BCUT2D eigenvalue weighted by Crippen LogP contribution is -2.22. The summed E-state index contributed by atoms with van der Waals surface area (Å²) in [6.07, 6.45) is 1.81. The lowest BCUT2D eigenvalue weighted by molar-refractivity contribution is 0.157. The fourth-order valence-electron chi connectivity index (χ4n) is 2.70. The average Bonchev–Trinajstić information content (AvgIpc) is 3.05. The van der Waals surface area contributed by atoms with Crippen LogP contribution in [0.4, 0.5) is 0 Å². The van der Waals surface area contributed by atoms with Gasteiger partial charge in [-0.05, 0) is 35.9 Å². The number of benzene rings is 1. The Morgan fingerprint density at radius 2 is 1.76 bits per heavy atom. The van der Waals surface area contributed by atoms with E-state index in [-0.39, 0.29) is 0 Å². The summed E-state index contributed by atoms with van der Waals surface area (Å²) >= 11 is 6.34. The lowest BCUT2D eigenvalue weighted by Gasteiger charge is -2.21. The van der Waals surface area contributed by atoms with Gasteiger partial charge in [0.2, 0.25) is 0 Å². The molecule has 4 nitrogen and oxygen atoms in total. The second-order valence-corrected chi connectivity index (χ2v) is 6.27. The molecule has 1 aromatic carbocycles. The van der Waals surface area contributed by atoms with Crippen molar-refractivity contribution < 1.29 is 9.15 Å². The highest BCUT2D eigenvalue weighted by Crippen LogP contribution is 2.20. The molecule has 2 aromatic heterocycles. The Morgan fingerprint density at radius 3 is 2.52 bits per heavy atom. The van der Waals surface area contributed by atoms with Crippen LogP contribution in [0, 0.1) is 0 Å². The number of rotatable bonds is 8. The van der Waals surface area contributed by atoms with Crippen molar-refractivity contribution in [3.63, 3.8) is 0 Å². The van der Waals surface area contributed by atoms with Crippen molar-refractivity contribution in [3.05, 3.63) is 88.6 Å². The van der Waals surface area contributed by atoms with Crippen LogP contribution < -0.4 is 0 Å². The second-order valence-electron chi connectivity index (χ2n) is 5.86. The van der Waals surface area contributed by atoms with Gasteiger partial charge in [0.15, 0.2) is 0 Å². The average molecular weight is 357 g/mol. The molecule has 0 atom stereocenters. The summed E-state index contributed by atoms with van der Waals surface area (Å²) in [6, 6.07) is 17.8. The monoisotopic (exact) mass is 356 g/mol. The highest BCUT2D eigenvalue weighted by atomic mass is 35.5. The Hall–Kier alpha value is -2.14. The number of furan rings is 1. The Kier molecular flexibility index (Phi) is 6.23. The van der Waals surface area contributed by atoms with Crippen molar-refractivity contribution in [2.75, 3.05) is 7.11 Å². The normalized spacial score (nSPS) is 11.2. The molecule has 0 radical (unpaired) electrons. The van der Waals surface area contributed by atoms with E-state index >= 15 is 0 Å². The van der Waals surface area contributed by atoms with Gasteiger partial charge in [-0.2, -0.15) is 0 Å². The molecule has 3 rings (SSSR count). The zero-order chi connectivity index (χ0) is 17.5. The van der Waals surface area contributed by atoms with Crippen molar-refractivity contribution >= 4 is 11.6 Å². The van der Waals surface area contributed by atoms with Gasteiger partial charge in [0.25, 0.3) is 0 Å². The molecule has 0 spiro atoms. The molecule has 0 saturated heterocycles. The van der Waals surface area contributed by atoms with E-state index in [0.717, 1.165) is 34.3 Å². The third-order valence-corrected chi connectivity index (χ3v) is 4.22. The van der Waals surface area contributed by atoms with Crippen LogP contribution in [0.3, 0.4) is 0 Å². The maximum absolute atomic E-state index is 6.34. The molecule has 2 heterocycles. The summed E-state index contributed by atoms with van der Waals surface area (Å²) in [5.41, 5.74) is 2.10. The van der Waals surface area contributed by atoms with Crippen molar-refractivity contribution in [2.45, 2.75) is 26.2 Å². The van der Waals surface area contributed by atoms with E-state index in [9.17, 15) is 0 Å². The predicted molar refractivity (Wildman–Crippen MR) is 98.1 cm³/mol. The van der Waals surface area contributed by atoms with Crippen LogP contribution in [-0.2, 0) is 31.0 Å². The number of halogens is 1. The first-order valence-electron chi connectivity index (χ1n) is 8.17. The molecule has 0 aliphatic carbocycles. The minimum atomic E-state index is 0.477. The van der Waals surface area contributed by atoms with Crippen LogP contribution in [0.15, 0.2) is 65.2 Å². The highest BCUT2D eigenvalue weighted by molar-refractivity contribution is 6.31. The Balaban J connectivity index is 1.76. The number of methoxy groups -OCH3 is 1. The molecule has 0 amide bonds. The SMILES string of the molecule is COCc1ccc(CN(Cc2ccccn2)Cc2ccccc2Cl)o1. The van der Waals surface area contributed by atoms with Gasteiger partial charge in [-0.1, -0.05) is 35.9 Å². The largest absolute Gasteiger partial charge is 0.462 e. The number of nitrogens with zero attached hydrogens (tertiary/aromatic N) is 2. The molecule has 3 aromatic rings. The molecular formula is C20H21ClN2O2. The molecule has 0 N–H and O–H groups in total. The molecule has 130 valence electrons. The van der Waals surface area contributed by atoms with Crippen LogP contribution in [0.5, 0.6) is 0 Å². The van der Waals surface area contributed by atoms with Crippen LogP contribution >= 0.6 is 11.6 Å². The first kappa shape index (κ1) is 17.7. The third-order valence-electron chi connectivity index (χ3n) is 3.85. The van der Waals surface area contributed by atoms with Gasteiger partial charge < -0.3 is 9.15 Å². The minimum absolute atomic E-state index is 0.477. The molecule has 25 heavy (non-hydrogen) atoms. The van der Waals surface area contributed by atoms with Crippen LogP contribution in [0.1, 0.15) is 22.8 Å². The highest BCUT2D eigenvalue weighted by Gasteiger charge is 2.13. The van der Waals surface area contributed by atoms with Gasteiger partial charge in [0.1, 0.15) is 18.1 Å². The maximum atomic E-state index is 6.34. The summed E-state index contributed by atoms with van der Waals surface area (Å²) in [6.45, 7) is 2.58. The first-order chi connectivity index (χ1) is 12.2. The van der Waals surface area contributed by atoms with Crippen molar-refractivity contribution in [3.8, 4) is 0 Å². The number of ether oxygens (including phenoxy) is 1. The summed E-state index contributed by atoms with van der Waals surface area (Å²) in [5, 5.41) is 0.771. The molecule has 0 aliphatic heterocycles. The van der Waals surface area contributed by atoms with E-state index in [2.05, 4.69) is 9.88 Å². The predicted octanol–water partition coefficient (Wildman–Crippen LogP) is 4.68. The Morgan fingerprint density at radius 1 is 0.960 bits per heavy atom. The van der Waals surface area contributed by atoms with E-state index in [4.69, 9.17) is 20.8 Å². The summed E-state index contributed by atoms with van der Waals surface area (Å²) in [5.74, 6) is 1.73. The molecule has 0 bridgehead atoms. The molecule has 0 aliphatic rings. The zero-order valence-electron chi connectivity index (χ0n) is 14.2. The van der Waals surface area contributed by atoms with Crippen LogP contribution in [0.2, 0.25) is 5.02 Å². The minimum Gasteiger partial charge on any atom is -0.462 e. The van der Waals surface area contributed by atoms with Gasteiger partial charge in [0, 0.05) is 31.4 Å². The fourth-order valence-corrected chi connectivity index (χ4v) is 2.90. The second kappa shape index (κ2) is 8.81. The molecule has 5 heteroatoms. The summed E-state index contributed by atoms with van der Waals surface area (Å²) < 4.78 is 11.0. The van der Waals surface area contributed by atoms with E-state index in [0.29, 0.717) is 19.7 Å². The van der Waals surface area contributed by atoms with Crippen molar-refractivity contribution in [1.82, 2.24) is 9.88 Å². The molecular weight excluding hydrogens is 336 g/mol. The van der Waals surface area contributed by atoms with Crippen LogP contribution in [-0.4, -0.2) is 17.0 Å². The number of aromatic nitrogens is 1. The quantitative estimate of drug-likeness (QED) is 0.587. The van der Waals surface area contributed by atoms with Crippen molar-refractivity contribution in [1.29, 1.82) is 0 Å². The van der Waals surface area contributed by atoms with Gasteiger partial charge in [-0.15, -0.1) is 0 Å². The van der Waals surface area contributed by atoms with E-state index in [1.165, 1.54) is 0 Å². The van der Waals surface area contributed by atoms with Gasteiger partial charge in [-0.25, -0.2) is 0 Å². The Bertz CT molecular complexity index is 789. The zero-order valence-corrected chi connectivity index (χ0v) is 14.9. The molecule has 0 saturated carbocycles. The van der Waals surface area contributed by atoms with E-state index in [1.807, 2.05) is 60.8 Å². The molecule has 0 fully saturated rings. The standard InChI is InChI=1S/C20H21ClN2O2/c1-24-15-19-10-9-18(25-19)14-23(13-17-7-4-5-11-22-17)12-16-6-2-3-8-20(16)21/h2-11H,12-15H2,1H3. The smallest absolute Gasteiger partial charge is 0.129 e. The number of hydrogen-bond acceptors (Lipinski definition) is 4. The fraction of sp³-hybridized carbons (Fsp3) is 0.250. The number of pyridine rings is 1. The van der Waals surface area contributed by atoms with Gasteiger partial charge >= 0.3 is 0 Å².